The van der Waals surface area contributed by atoms with Crippen LogP contribution in [0.15, 0.2) is 0 Å². The van der Waals surface area contributed by atoms with E-state index in [1.807, 2.05) is 0 Å². The van der Waals surface area contributed by atoms with E-state index in [-0.39, 0.29) is 2180 Å². The van der Waals surface area contributed by atoms with Gasteiger partial charge in [-0.15, -0.1) is 0 Å². The first-order valence-electron chi connectivity index (χ1n) is 0. The van der Waals surface area contributed by atoms with Gasteiger partial charge < -0.3 is 0 Å². The van der Waals surface area contributed by atoms with Crippen LogP contribution in [-0.4, -0.2) is 0 Å². The summed E-state index contributed by atoms with van der Waals surface area (Å²) >= 11 is 0. The quantitative estimate of drug-likeness (QED) is 0.295. The first kappa shape index (κ1) is 938. The molecule has 0 unspecified atom stereocenters. The topological polar surface area (TPSA) is 0 Å². The average Bonchev–Trinajstić information content (AvgIpc) is 0. The predicted molar refractivity (Wildman–Crippen MR) is 0 cm³/mol. The molecule has 0 aliphatic carbocycles. The molecule has 0 atom stereocenters. The average molecular weight is 18800 g/mol. The van der Waals surface area contributed by atoms with Crippen LogP contribution in [0.1, 0.15) is 0 Å². The first-order valence-corrected chi connectivity index (χ1v) is 0. The number of rotatable bonds is 0. The fourth-order valence-corrected chi connectivity index (χ4v) is 0. The Morgan fingerprint density at radius 3 is 0.0306 bits per heavy atom. The third kappa shape index (κ3) is 905. The Morgan fingerprint density at radius 2 is 0.0306 bits per heavy atom. The first-order chi connectivity index (χ1) is 0. The van der Waals surface area contributed by atoms with Gasteiger partial charge in [-0.25, -0.2) is 0 Å². The third-order valence-electron chi connectivity index (χ3n) is 0. The molecule has 1067 valence electrons. The van der Waals surface area contributed by atoms with E-state index in [1.54, 1.807) is 0 Å². The molecule has 0 amide bonds. The fourth-order valence-electron chi connectivity index (χ4n) is 0. The van der Waals surface area contributed by atoms with Gasteiger partial charge in [0.1, 0.15) is 0 Å². The minimum Gasteiger partial charge on any atom is 0 e. The Labute approximate surface area is 2100 Å². The van der Waals surface area contributed by atoms with Gasteiger partial charge in [0.2, 0.25) is 0 Å². The van der Waals surface area contributed by atoms with Crippen molar-refractivity contribution in [3.8, 4) is 0 Å². The van der Waals surface area contributed by atoms with E-state index in [0.29, 0.717) is 0 Å². The Hall–Kier alpha value is 71.8. The van der Waals surface area contributed by atoms with Crippen molar-refractivity contribution in [1.82, 2.24) is 0 Å². The van der Waals surface area contributed by atoms with E-state index in [0.717, 1.165) is 0 Å². The fraction of sp³-hybridized carbons (Fsp3) is 0. The molecule has 98 heteroatoms. The van der Waals surface area contributed by atoms with Gasteiger partial charge in [0, 0.05) is 2180 Å². The van der Waals surface area contributed by atoms with Crippen LogP contribution in [0.5, 0.6) is 0 Å². The van der Waals surface area contributed by atoms with Gasteiger partial charge in [0.05, 0.1) is 0 Å². The second-order valence-corrected chi connectivity index (χ2v) is 0. The van der Waals surface area contributed by atoms with Crippen LogP contribution in [0.25, 0.3) is 0 Å². The van der Waals surface area contributed by atoms with Crippen LogP contribution in [0.2, 0.25) is 0 Å². The van der Waals surface area contributed by atoms with Gasteiger partial charge in [-0.3, -0.25) is 0 Å². The van der Waals surface area contributed by atoms with Crippen molar-refractivity contribution in [3.63, 3.8) is 0 Å². The minimum absolute atomic E-state index is 0. The monoisotopic (exact) mass is 18800 g/mol. The van der Waals surface area contributed by atoms with E-state index < -0.39 is 0 Å². The maximum absolute atomic E-state index is 0. The molecule has 0 aromatic rings. The van der Waals surface area contributed by atoms with Crippen molar-refractivity contribution in [1.29, 1.82) is 0 Å². The molecule has 0 aliphatic rings. The Balaban J connectivity index is 0. The van der Waals surface area contributed by atoms with Gasteiger partial charge in [-0.05, 0) is 0 Å². The smallest absolute Gasteiger partial charge is 0 e. The zero-order valence-electron chi connectivity index (χ0n) is 29.7. The summed E-state index contributed by atoms with van der Waals surface area (Å²) in [6.07, 6.45) is 0. The van der Waals surface area contributed by atoms with Crippen molar-refractivity contribution in [2.75, 3.05) is 0 Å². The van der Waals surface area contributed by atoms with Gasteiger partial charge >= 0.3 is 0 Å². The van der Waals surface area contributed by atoms with E-state index in [4.69, 9.17) is 0 Å². The standard InChI is InChI=1S/87Au.5Pd.6Pt. The third-order valence-corrected chi connectivity index (χ3v) is 0. The Morgan fingerprint density at radius 1 is 0.0306 bits per heavy atom. The molecule has 0 N–H and O–H groups in total. The largest absolute Gasteiger partial charge is 0 e. The summed E-state index contributed by atoms with van der Waals surface area (Å²) in [7, 11) is 0. The van der Waals surface area contributed by atoms with Gasteiger partial charge in [0.25, 0.3) is 0 Å². The molecule has 0 nitrogen and oxygen atoms in total. The van der Waals surface area contributed by atoms with Gasteiger partial charge in [0.15, 0.2) is 0 Å². The van der Waals surface area contributed by atoms with E-state index in [2.05, 4.69) is 0 Å². The molecule has 0 aromatic carbocycles. The summed E-state index contributed by atoms with van der Waals surface area (Å²) in [6, 6.07) is 0. The molecule has 87 radical (unpaired) electrons. The van der Waals surface area contributed by atoms with Crippen molar-refractivity contribution < 1.29 is 2180 Å². The number of hydrogen-bond donors (Lipinski definition) is 0. The molecular weight excluding hydrogens is 18800 g/mol. The molecule has 0 saturated heterocycles. The second kappa shape index (κ2) is 922. The van der Waals surface area contributed by atoms with E-state index >= 15 is 0 Å². The van der Waals surface area contributed by atoms with Crippen LogP contribution < -0.4 is 0 Å². The van der Waals surface area contributed by atoms with Gasteiger partial charge in [-0.2, -0.15) is 0 Å². The van der Waals surface area contributed by atoms with E-state index in [1.165, 1.54) is 0 Å². The molecular formula is Au87Pd5Pt6. The SMILES string of the molecule is [Au].[Au].[Au].[Au].[Au].[Au].[Au].[Au].[Au].[Au].[Au].[Au].[Au].[Au].[Au].[Au].[Au].[Au].[Au].[Au].[Au].[Au].[Au].[Au].[Au].[Au].[Au].[Au].[Au].[Au].[Au].[Au].[Au].[Au].[Au].[Au].[Au].[Au].[Au].[Au].[Au].[Au].[Au].[Au].[Au].[Au].[Au].[Au].[Au].[Au].[Au].[Au].[Au].[Au].[Au].[Au].[Au].[Au].[Au].[Au].[Au].[Au].[Au].[Au].[Au].[Au].[Au].[Au].[Au].[Au].[Au].[Au].[Au].[Au].[Au].[Au].[Au].[Au].[Au].[Au].[Au].[Au].[Au].[Au].[Au].[Au].[Au].[Pd].[Pd].[Pd].[Pd].[Pd].[Pt].[Pt].[Pt].[Pt].[Pt].[Pt]. The molecule has 0 heterocycles. The maximum Gasteiger partial charge on any atom is 0 e. The minimum atomic E-state index is 0. The molecule has 98 heavy (non-hydrogen) atoms. The summed E-state index contributed by atoms with van der Waals surface area (Å²) in [4.78, 5) is 0. The zero-order chi connectivity index (χ0) is 0. The van der Waals surface area contributed by atoms with Crippen LogP contribution >= 0.6 is 0 Å². The summed E-state index contributed by atoms with van der Waals surface area (Å²) in [6.45, 7) is 0. The van der Waals surface area contributed by atoms with Crippen molar-refractivity contribution in [2.45, 2.75) is 0 Å². The molecule has 0 aromatic heterocycles. The molecule has 0 fully saturated rings. The summed E-state index contributed by atoms with van der Waals surface area (Å²) in [5.74, 6) is 0. The van der Waals surface area contributed by atoms with Crippen LogP contribution in [-0.2, 0) is 2180 Å². The second-order valence-electron chi connectivity index (χ2n) is 0. The molecule has 0 aliphatic heterocycles. The summed E-state index contributed by atoms with van der Waals surface area (Å²) < 4.78 is 0. The zero-order valence-corrected chi connectivity index (χ0v) is 240. The van der Waals surface area contributed by atoms with E-state index in [9.17, 15) is 0 Å². The summed E-state index contributed by atoms with van der Waals surface area (Å²) in [5.41, 5.74) is 0. The van der Waals surface area contributed by atoms with Crippen LogP contribution in [0.3, 0.4) is 0 Å². The number of hydrogen-bond acceptors (Lipinski definition) is 0. The molecule has 0 bridgehead atoms. The normalized spacial score (nSPS) is 0. The Bertz CT molecular complexity index is 60.6. The molecule has 0 rings (SSSR count). The predicted octanol–water partition coefficient (Wildman–Crippen LogP) is -0.245. The Kier molecular flexibility index (Phi) is 8820. The molecule has 0 spiro atoms. The van der Waals surface area contributed by atoms with Crippen molar-refractivity contribution >= 4 is 0 Å². The van der Waals surface area contributed by atoms with Crippen LogP contribution in [0, 0.1) is 0 Å². The van der Waals surface area contributed by atoms with Crippen molar-refractivity contribution in [2.24, 2.45) is 0 Å². The maximum atomic E-state index is 0. The van der Waals surface area contributed by atoms with Gasteiger partial charge in [-0.1, -0.05) is 0 Å². The summed E-state index contributed by atoms with van der Waals surface area (Å²) in [5, 5.41) is 0. The van der Waals surface area contributed by atoms with Crippen molar-refractivity contribution in [3.05, 3.63) is 0 Å². The van der Waals surface area contributed by atoms with Crippen LogP contribution in [0.4, 0.5) is 0 Å². The molecule has 0 saturated carbocycles.